The maximum Gasteiger partial charge on any atom is 0.305 e. The molecule has 31 heavy (non-hydrogen) atoms. The Morgan fingerprint density at radius 2 is 1.55 bits per heavy atom. The number of fused-ring (bicyclic) bond motifs is 1. The van der Waals surface area contributed by atoms with Crippen molar-refractivity contribution in [2.45, 2.75) is 38.1 Å². The van der Waals surface area contributed by atoms with E-state index in [1.807, 2.05) is 0 Å². The Morgan fingerprint density at radius 3 is 2.13 bits per heavy atom. The van der Waals surface area contributed by atoms with E-state index in [2.05, 4.69) is 5.32 Å². The Balaban J connectivity index is 1.43. The number of imide groups is 1. The molecule has 1 atom stereocenters. The van der Waals surface area contributed by atoms with Crippen molar-refractivity contribution in [1.29, 1.82) is 0 Å². The monoisotopic (exact) mass is 442 g/mol. The van der Waals surface area contributed by atoms with Gasteiger partial charge >= 0.3 is 5.97 Å². The third-order valence-corrected chi connectivity index (χ3v) is 5.40. The van der Waals surface area contributed by atoms with E-state index in [0.29, 0.717) is 47.5 Å². The van der Waals surface area contributed by atoms with Crippen LogP contribution in [0.4, 0.5) is 0 Å². The SMILES string of the molecule is O=C(O)CC(NC(=O)CCCCCN1C(=O)c2ccccc2C1=O)c1ccc(Cl)cc1. The molecular weight excluding hydrogens is 420 g/mol. The van der Waals surface area contributed by atoms with Gasteiger partial charge in [-0.05, 0) is 42.7 Å². The molecule has 0 saturated heterocycles. The van der Waals surface area contributed by atoms with Gasteiger partial charge in [-0.15, -0.1) is 0 Å². The predicted octanol–water partition coefficient (Wildman–Crippen LogP) is 3.83. The van der Waals surface area contributed by atoms with Gasteiger partial charge in [0.05, 0.1) is 23.6 Å². The first-order valence-corrected chi connectivity index (χ1v) is 10.5. The number of carboxylic acid groups (broad SMARTS) is 1. The van der Waals surface area contributed by atoms with Gasteiger partial charge in [0, 0.05) is 18.0 Å². The molecule has 3 amide bonds. The zero-order chi connectivity index (χ0) is 22.4. The Morgan fingerprint density at radius 1 is 0.935 bits per heavy atom. The first-order chi connectivity index (χ1) is 14.9. The largest absolute Gasteiger partial charge is 0.481 e. The number of hydrogen-bond acceptors (Lipinski definition) is 4. The number of amides is 3. The third-order valence-electron chi connectivity index (χ3n) is 5.15. The summed E-state index contributed by atoms with van der Waals surface area (Å²) in [6, 6.07) is 12.8. The van der Waals surface area contributed by atoms with Crippen LogP contribution in [-0.2, 0) is 9.59 Å². The Labute approximate surface area is 185 Å². The lowest BCUT2D eigenvalue weighted by Crippen LogP contribution is -2.31. The van der Waals surface area contributed by atoms with Gasteiger partial charge in [0.1, 0.15) is 0 Å². The number of carbonyl (C=O) groups is 4. The lowest BCUT2D eigenvalue weighted by Gasteiger charge is -2.18. The number of hydrogen-bond donors (Lipinski definition) is 2. The fourth-order valence-electron chi connectivity index (χ4n) is 3.56. The van der Waals surface area contributed by atoms with Gasteiger partial charge in [-0.2, -0.15) is 0 Å². The molecule has 0 saturated carbocycles. The second-order valence-electron chi connectivity index (χ2n) is 7.39. The molecule has 0 bridgehead atoms. The van der Waals surface area contributed by atoms with E-state index < -0.39 is 12.0 Å². The van der Waals surface area contributed by atoms with Crippen molar-refractivity contribution >= 4 is 35.3 Å². The molecule has 0 aromatic heterocycles. The van der Waals surface area contributed by atoms with Gasteiger partial charge in [0.15, 0.2) is 0 Å². The first-order valence-electron chi connectivity index (χ1n) is 10.1. The number of benzene rings is 2. The quantitative estimate of drug-likeness (QED) is 0.430. The molecule has 0 spiro atoms. The van der Waals surface area contributed by atoms with Crippen molar-refractivity contribution in [1.82, 2.24) is 10.2 Å². The lowest BCUT2D eigenvalue weighted by atomic mass is 10.0. The molecule has 0 fully saturated rings. The molecule has 1 heterocycles. The van der Waals surface area contributed by atoms with Crippen LogP contribution in [0, 0.1) is 0 Å². The summed E-state index contributed by atoms with van der Waals surface area (Å²) in [4.78, 5) is 49.4. The fourth-order valence-corrected chi connectivity index (χ4v) is 3.69. The minimum Gasteiger partial charge on any atom is -0.481 e. The highest BCUT2D eigenvalue weighted by Gasteiger charge is 2.34. The molecule has 8 heteroatoms. The van der Waals surface area contributed by atoms with E-state index in [1.54, 1.807) is 48.5 Å². The highest BCUT2D eigenvalue weighted by molar-refractivity contribution is 6.30. The van der Waals surface area contributed by atoms with Gasteiger partial charge in [-0.3, -0.25) is 24.1 Å². The van der Waals surface area contributed by atoms with Crippen LogP contribution in [-0.4, -0.2) is 40.2 Å². The Hall–Kier alpha value is -3.19. The van der Waals surface area contributed by atoms with Crippen LogP contribution >= 0.6 is 11.6 Å². The smallest absolute Gasteiger partial charge is 0.305 e. The Kier molecular flexibility index (Phi) is 7.41. The topological polar surface area (TPSA) is 104 Å². The number of carbonyl (C=O) groups excluding carboxylic acids is 3. The molecule has 2 aromatic carbocycles. The van der Waals surface area contributed by atoms with Gasteiger partial charge in [0.2, 0.25) is 5.91 Å². The van der Waals surface area contributed by atoms with Crippen molar-refractivity contribution < 1.29 is 24.3 Å². The molecule has 162 valence electrons. The summed E-state index contributed by atoms with van der Waals surface area (Å²) >= 11 is 5.87. The summed E-state index contributed by atoms with van der Waals surface area (Å²) in [7, 11) is 0. The van der Waals surface area contributed by atoms with Gasteiger partial charge < -0.3 is 10.4 Å². The van der Waals surface area contributed by atoms with Crippen LogP contribution in [0.25, 0.3) is 0 Å². The summed E-state index contributed by atoms with van der Waals surface area (Å²) in [5.41, 5.74) is 1.53. The van der Waals surface area contributed by atoms with Crippen LogP contribution in [0.15, 0.2) is 48.5 Å². The van der Waals surface area contributed by atoms with Crippen LogP contribution in [0.5, 0.6) is 0 Å². The number of carboxylic acids is 1. The molecule has 7 nitrogen and oxygen atoms in total. The predicted molar refractivity (Wildman–Crippen MR) is 115 cm³/mol. The standard InChI is InChI=1S/C23H23ClN2O5/c24-16-11-9-15(10-12-16)19(14-21(28)29)25-20(27)8-2-1-5-13-26-22(30)17-6-3-4-7-18(17)23(26)31/h3-4,6-7,9-12,19H,1-2,5,8,13-14H2,(H,25,27)(H,28,29). The highest BCUT2D eigenvalue weighted by Crippen LogP contribution is 2.23. The second-order valence-corrected chi connectivity index (χ2v) is 7.82. The molecule has 1 aliphatic rings. The summed E-state index contributed by atoms with van der Waals surface area (Å²) < 4.78 is 0. The average molecular weight is 443 g/mol. The first kappa shape index (κ1) is 22.5. The minimum atomic E-state index is -1.01. The van der Waals surface area contributed by atoms with E-state index in [9.17, 15) is 19.2 Å². The van der Waals surface area contributed by atoms with Gasteiger partial charge in [-0.25, -0.2) is 0 Å². The van der Waals surface area contributed by atoms with Crippen LogP contribution < -0.4 is 5.32 Å². The van der Waals surface area contributed by atoms with Gasteiger partial charge in [0.25, 0.3) is 11.8 Å². The van der Waals surface area contributed by atoms with Crippen molar-refractivity contribution in [3.63, 3.8) is 0 Å². The van der Waals surface area contributed by atoms with E-state index in [0.717, 1.165) is 0 Å². The molecule has 1 unspecified atom stereocenters. The summed E-state index contributed by atoms with van der Waals surface area (Å²) in [5.74, 6) is -1.82. The van der Waals surface area contributed by atoms with E-state index >= 15 is 0 Å². The number of halogens is 1. The molecule has 3 rings (SSSR count). The van der Waals surface area contributed by atoms with E-state index in [1.165, 1.54) is 4.90 Å². The third kappa shape index (κ3) is 5.70. The summed E-state index contributed by atoms with van der Waals surface area (Å²) in [5, 5.41) is 12.4. The van der Waals surface area contributed by atoms with Crippen molar-refractivity contribution in [2.24, 2.45) is 0 Å². The maximum atomic E-state index is 12.3. The molecule has 2 aromatic rings. The Bertz CT molecular complexity index is 955. The maximum absolute atomic E-state index is 12.3. The molecule has 0 aliphatic carbocycles. The van der Waals surface area contributed by atoms with Gasteiger partial charge in [-0.1, -0.05) is 42.3 Å². The number of unbranched alkanes of at least 4 members (excludes halogenated alkanes) is 2. The van der Waals surface area contributed by atoms with Crippen LogP contribution in [0.2, 0.25) is 5.02 Å². The number of nitrogens with one attached hydrogen (secondary N) is 1. The van der Waals surface area contributed by atoms with Crippen molar-refractivity contribution in [3.8, 4) is 0 Å². The van der Waals surface area contributed by atoms with Crippen LogP contribution in [0.1, 0.15) is 64.4 Å². The molecular formula is C23H23ClN2O5. The van der Waals surface area contributed by atoms with Crippen molar-refractivity contribution in [3.05, 3.63) is 70.2 Å². The normalized spacial score (nSPS) is 13.8. The second kappa shape index (κ2) is 10.2. The fraction of sp³-hybridized carbons (Fsp3) is 0.304. The summed E-state index contributed by atoms with van der Waals surface area (Å²) in [6.45, 7) is 0.306. The zero-order valence-electron chi connectivity index (χ0n) is 16.8. The molecule has 2 N–H and O–H groups in total. The number of nitrogens with zero attached hydrogens (tertiary/aromatic N) is 1. The minimum absolute atomic E-state index is 0.228. The van der Waals surface area contributed by atoms with Crippen LogP contribution in [0.3, 0.4) is 0 Å². The molecule has 0 radical (unpaired) electrons. The van der Waals surface area contributed by atoms with E-state index in [4.69, 9.17) is 16.7 Å². The lowest BCUT2D eigenvalue weighted by molar-refractivity contribution is -0.137. The van der Waals surface area contributed by atoms with E-state index in [-0.39, 0.29) is 30.6 Å². The molecule has 1 aliphatic heterocycles. The zero-order valence-corrected chi connectivity index (χ0v) is 17.6. The average Bonchev–Trinajstić information content (AvgIpc) is 2.98. The highest BCUT2D eigenvalue weighted by atomic mass is 35.5. The number of rotatable bonds is 10. The number of aliphatic carboxylic acids is 1. The summed E-state index contributed by atoms with van der Waals surface area (Å²) in [6.07, 6.45) is 1.81. The van der Waals surface area contributed by atoms with Crippen molar-refractivity contribution in [2.75, 3.05) is 6.54 Å².